The highest BCUT2D eigenvalue weighted by atomic mass is 35.5. The molecule has 0 atom stereocenters. The minimum atomic E-state index is -0.502. The van der Waals surface area contributed by atoms with Crippen molar-refractivity contribution in [2.75, 3.05) is 6.54 Å². The van der Waals surface area contributed by atoms with Crippen LogP contribution in [0.2, 0.25) is 10.0 Å². The Morgan fingerprint density at radius 3 is 2.69 bits per heavy atom. The lowest BCUT2D eigenvalue weighted by molar-refractivity contribution is 0.0724. The molecule has 0 aliphatic heterocycles. The van der Waals surface area contributed by atoms with Crippen molar-refractivity contribution in [3.8, 4) is 0 Å². The van der Waals surface area contributed by atoms with Gasteiger partial charge < -0.3 is 9.47 Å². The van der Waals surface area contributed by atoms with Gasteiger partial charge in [0.1, 0.15) is 11.6 Å². The van der Waals surface area contributed by atoms with Gasteiger partial charge in [0.15, 0.2) is 0 Å². The molecule has 4 rings (SSSR count). The summed E-state index contributed by atoms with van der Waals surface area (Å²) in [4.78, 5) is 19.2. The van der Waals surface area contributed by atoms with Crippen molar-refractivity contribution in [3.63, 3.8) is 0 Å². The van der Waals surface area contributed by atoms with E-state index in [0.29, 0.717) is 35.6 Å². The molecule has 29 heavy (non-hydrogen) atoms. The Hall–Kier alpha value is -2.37. The molecule has 1 saturated carbocycles. The fourth-order valence-electron chi connectivity index (χ4n) is 3.28. The summed E-state index contributed by atoms with van der Waals surface area (Å²) in [5, 5.41) is 1.00. The summed E-state index contributed by atoms with van der Waals surface area (Å²) < 4.78 is 16.1. The fourth-order valence-corrected chi connectivity index (χ4v) is 3.60. The van der Waals surface area contributed by atoms with Crippen LogP contribution in [-0.4, -0.2) is 26.9 Å². The molecule has 1 heterocycles. The molecule has 0 saturated heterocycles. The number of imidazole rings is 1. The van der Waals surface area contributed by atoms with E-state index in [1.165, 1.54) is 12.1 Å². The van der Waals surface area contributed by atoms with Gasteiger partial charge >= 0.3 is 0 Å². The zero-order valence-electron chi connectivity index (χ0n) is 15.7. The number of carbonyl (C=O) groups excluding carboxylic acids is 1. The summed E-state index contributed by atoms with van der Waals surface area (Å²) in [7, 11) is 0. The minimum absolute atomic E-state index is 0.0933. The van der Waals surface area contributed by atoms with Gasteiger partial charge in [-0.3, -0.25) is 4.79 Å². The van der Waals surface area contributed by atoms with E-state index in [1.807, 2.05) is 22.9 Å². The second kappa shape index (κ2) is 8.56. The second-order valence-electron chi connectivity index (χ2n) is 7.33. The normalized spacial score (nSPS) is 13.5. The highest BCUT2D eigenvalue weighted by molar-refractivity contribution is 6.42. The molecule has 0 spiro atoms. The van der Waals surface area contributed by atoms with Crippen molar-refractivity contribution in [2.45, 2.75) is 25.9 Å². The van der Waals surface area contributed by atoms with Crippen LogP contribution in [0, 0.1) is 11.7 Å². The standard InChI is InChI=1S/C22H20Cl2FN3O/c23-18-8-7-16(11-19(18)24)13-27-10-9-26-21(27)14-28(12-15-5-6-15)22(29)17-3-1-2-4-20(17)25/h1-4,7-11,15H,5-6,12-14H2. The molecule has 1 aliphatic carbocycles. The quantitative estimate of drug-likeness (QED) is 0.500. The lowest BCUT2D eigenvalue weighted by Gasteiger charge is -2.23. The molecule has 4 nitrogen and oxygen atoms in total. The molecule has 7 heteroatoms. The highest BCUT2D eigenvalue weighted by Gasteiger charge is 2.29. The Morgan fingerprint density at radius 2 is 1.97 bits per heavy atom. The number of aromatic nitrogens is 2. The predicted molar refractivity (Wildman–Crippen MR) is 112 cm³/mol. The topological polar surface area (TPSA) is 38.1 Å². The van der Waals surface area contributed by atoms with Crippen LogP contribution in [0.4, 0.5) is 4.39 Å². The summed E-state index contributed by atoms with van der Waals surface area (Å²) >= 11 is 12.1. The van der Waals surface area contributed by atoms with Crippen LogP contribution in [0.1, 0.15) is 34.6 Å². The van der Waals surface area contributed by atoms with Crippen molar-refractivity contribution in [1.82, 2.24) is 14.5 Å². The third-order valence-electron chi connectivity index (χ3n) is 5.04. The molecule has 0 bridgehead atoms. The molecule has 1 fully saturated rings. The van der Waals surface area contributed by atoms with Crippen LogP contribution < -0.4 is 0 Å². The van der Waals surface area contributed by atoms with Crippen LogP contribution in [-0.2, 0) is 13.1 Å². The Morgan fingerprint density at radius 1 is 1.17 bits per heavy atom. The lowest BCUT2D eigenvalue weighted by atomic mass is 10.1. The van der Waals surface area contributed by atoms with E-state index >= 15 is 0 Å². The van der Waals surface area contributed by atoms with Gasteiger partial charge in [-0.05, 0) is 48.6 Å². The third kappa shape index (κ3) is 4.80. The largest absolute Gasteiger partial charge is 0.331 e. The van der Waals surface area contributed by atoms with E-state index in [-0.39, 0.29) is 11.5 Å². The van der Waals surface area contributed by atoms with E-state index in [0.717, 1.165) is 24.2 Å². The zero-order chi connectivity index (χ0) is 20.4. The summed E-state index contributed by atoms with van der Waals surface area (Å²) in [6.07, 6.45) is 5.76. The number of nitrogens with zero attached hydrogens (tertiary/aromatic N) is 3. The summed E-state index contributed by atoms with van der Waals surface area (Å²) in [5.41, 5.74) is 1.07. The molecular formula is C22H20Cl2FN3O. The minimum Gasteiger partial charge on any atom is -0.331 e. The number of halogens is 3. The molecule has 1 aliphatic rings. The molecule has 0 radical (unpaired) electrons. The number of carbonyl (C=O) groups is 1. The van der Waals surface area contributed by atoms with Crippen LogP contribution >= 0.6 is 23.2 Å². The maximum absolute atomic E-state index is 14.2. The molecule has 150 valence electrons. The molecule has 0 unspecified atom stereocenters. The van der Waals surface area contributed by atoms with Crippen molar-refractivity contribution >= 4 is 29.1 Å². The van der Waals surface area contributed by atoms with Gasteiger partial charge in [0.25, 0.3) is 5.91 Å². The first-order chi connectivity index (χ1) is 14.0. The Labute approximate surface area is 178 Å². The van der Waals surface area contributed by atoms with Gasteiger partial charge in [0.2, 0.25) is 0 Å². The maximum atomic E-state index is 14.2. The van der Waals surface area contributed by atoms with Gasteiger partial charge in [-0.1, -0.05) is 41.4 Å². The van der Waals surface area contributed by atoms with E-state index < -0.39 is 5.82 Å². The van der Waals surface area contributed by atoms with Crippen LogP contribution in [0.25, 0.3) is 0 Å². The van der Waals surface area contributed by atoms with Gasteiger partial charge in [0, 0.05) is 25.5 Å². The first kappa shape index (κ1) is 19.9. The van der Waals surface area contributed by atoms with E-state index in [4.69, 9.17) is 23.2 Å². The SMILES string of the molecule is O=C(c1ccccc1F)N(Cc1nccn1Cc1ccc(Cl)c(Cl)c1)CC1CC1. The lowest BCUT2D eigenvalue weighted by Crippen LogP contribution is -2.34. The third-order valence-corrected chi connectivity index (χ3v) is 5.78. The summed E-state index contributed by atoms with van der Waals surface area (Å²) in [6, 6.07) is 11.6. The number of hydrogen-bond acceptors (Lipinski definition) is 2. The average molecular weight is 432 g/mol. The zero-order valence-corrected chi connectivity index (χ0v) is 17.2. The molecule has 1 amide bonds. The second-order valence-corrected chi connectivity index (χ2v) is 8.14. The monoisotopic (exact) mass is 431 g/mol. The first-order valence-corrected chi connectivity index (χ1v) is 10.2. The highest BCUT2D eigenvalue weighted by Crippen LogP contribution is 2.31. The van der Waals surface area contributed by atoms with Gasteiger partial charge in [-0.25, -0.2) is 9.37 Å². The molecule has 1 aromatic heterocycles. The van der Waals surface area contributed by atoms with E-state index in [9.17, 15) is 9.18 Å². The van der Waals surface area contributed by atoms with Gasteiger partial charge in [0.05, 0.1) is 22.2 Å². The van der Waals surface area contributed by atoms with Crippen LogP contribution in [0.3, 0.4) is 0 Å². The Kier molecular flexibility index (Phi) is 5.88. The van der Waals surface area contributed by atoms with Crippen molar-refractivity contribution in [3.05, 3.63) is 87.7 Å². The number of benzene rings is 2. The number of rotatable bonds is 7. The van der Waals surface area contributed by atoms with Crippen molar-refractivity contribution < 1.29 is 9.18 Å². The molecular weight excluding hydrogens is 412 g/mol. The van der Waals surface area contributed by atoms with Gasteiger partial charge in [-0.2, -0.15) is 0 Å². The smallest absolute Gasteiger partial charge is 0.257 e. The summed E-state index contributed by atoms with van der Waals surface area (Å²) in [6.45, 7) is 1.47. The number of amides is 1. The number of hydrogen-bond donors (Lipinski definition) is 0. The van der Waals surface area contributed by atoms with E-state index in [1.54, 1.807) is 29.3 Å². The Bertz CT molecular complexity index is 1030. The van der Waals surface area contributed by atoms with E-state index in [2.05, 4.69) is 4.98 Å². The predicted octanol–water partition coefficient (Wildman–Crippen LogP) is 5.43. The first-order valence-electron chi connectivity index (χ1n) is 9.49. The van der Waals surface area contributed by atoms with Crippen LogP contribution in [0.5, 0.6) is 0 Å². The van der Waals surface area contributed by atoms with Crippen LogP contribution in [0.15, 0.2) is 54.9 Å². The summed E-state index contributed by atoms with van der Waals surface area (Å²) in [5.74, 6) is 0.405. The van der Waals surface area contributed by atoms with Gasteiger partial charge in [-0.15, -0.1) is 0 Å². The fraction of sp³-hybridized carbons (Fsp3) is 0.273. The molecule has 0 N–H and O–H groups in total. The average Bonchev–Trinajstić information content (AvgIpc) is 3.42. The molecule has 2 aromatic carbocycles. The maximum Gasteiger partial charge on any atom is 0.257 e. The van der Waals surface area contributed by atoms with Crippen molar-refractivity contribution in [2.24, 2.45) is 5.92 Å². The Balaban J connectivity index is 1.55. The molecule has 3 aromatic rings. The van der Waals surface area contributed by atoms with Crippen molar-refractivity contribution in [1.29, 1.82) is 0 Å².